The van der Waals surface area contributed by atoms with Crippen LogP contribution in [0.25, 0.3) is 21.6 Å². The third-order valence-electron chi connectivity index (χ3n) is 5.09. The van der Waals surface area contributed by atoms with Crippen LogP contribution in [0.5, 0.6) is 0 Å². The van der Waals surface area contributed by atoms with E-state index in [1.807, 2.05) is 38.1 Å². The summed E-state index contributed by atoms with van der Waals surface area (Å²) in [6.07, 6.45) is 1.66. The van der Waals surface area contributed by atoms with Gasteiger partial charge in [-0.25, -0.2) is 14.5 Å². The number of carbonyl (C=O) groups is 1. The molecule has 5 aromatic rings. The van der Waals surface area contributed by atoms with Gasteiger partial charge in [-0.05, 0) is 49.7 Å². The van der Waals surface area contributed by atoms with E-state index in [-0.39, 0.29) is 12.2 Å². The highest BCUT2D eigenvalue weighted by atomic mass is 35.5. The first-order valence-electron chi connectivity index (χ1n) is 9.81. The number of esters is 1. The van der Waals surface area contributed by atoms with Crippen LogP contribution in [0.2, 0.25) is 5.02 Å². The van der Waals surface area contributed by atoms with E-state index in [2.05, 4.69) is 10.1 Å². The number of thiophene rings is 1. The lowest BCUT2D eigenvalue weighted by atomic mass is 10.3. The Morgan fingerprint density at radius 2 is 2.00 bits per heavy atom. The second-order valence-electron chi connectivity index (χ2n) is 7.35. The molecule has 0 aliphatic carbocycles. The monoisotopic (exact) mass is 464 g/mol. The van der Waals surface area contributed by atoms with Gasteiger partial charge in [-0.15, -0.1) is 11.3 Å². The van der Waals surface area contributed by atoms with Gasteiger partial charge >= 0.3 is 5.97 Å². The minimum atomic E-state index is -0.477. The molecule has 0 atom stereocenters. The van der Waals surface area contributed by atoms with E-state index in [0.29, 0.717) is 21.2 Å². The van der Waals surface area contributed by atoms with Gasteiger partial charge in [-0.1, -0.05) is 23.7 Å². The molecule has 5 rings (SSSR count). The van der Waals surface area contributed by atoms with Gasteiger partial charge in [0.05, 0.1) is 17.1 Å². The normalized spacial score (nSPS) is 11.3. The zero-order valence-electron chi connectivity index (χ0n) is 17.2. The zero-order chi connectivity index (χ0) is 22.4. The van der Waals surface area contributed by atoms with E-state index in [1.165, 1.54) is 21.8 Å². The number of halogens is 1. The summed E-state index contributed by atoms with van der Waals surface area (Å²) in [6, 6.07) is 14.2. The minimum absolute atomic E-state index is 0.0907. The third-order valence-corrected chi connectivity index (χ3v) is 6.41. The number of carbonyl (C=O) groups excluding carboxylic acids is 1. The first-order chi connectivity index (χ1) is 15.4. The predicted octanol–water partition coefficient (Wildman–Crippen LogP) is 4.72. The van der Waals surface area contributed by atoms with Gasteiger partial charge in [-0.3, -0.25) is 9.20 Å². The van der Waals surface area contributed by atoms with Crippen LogP contribution in [0.3, 0.4) is 0 Å². The summed E-state index contributed by atoms with van der Waals surface area (Å²) < 4.78 is 8.71. The first-order valence-corrected chi connectivity index (χ1v) is 11.0. The number of benzene rings is 1. The molecular formula is C23H17ClN4O3S. The molecule has 9 heteroatoms. The van der Waals surface area contributed by atoms with E-state index >= 15 is 0 Å². The molecule has 0 spiro atoms. The molecule has 160 valence electrons. The molecule has 0 unspecified atom stereocenters. The second kappa shape index (κ2) is 7.89. The molecular weight excluding hydrogens is 448 g/mol. The fourth-order valence-corrected chi connectivity index (χ4v) is 4.79. The summed E-state index contributed by atoms with van der Waals surface area (Å²) in [5.41, 5.74) is 3.21. The molecule has 4 heterocycles. The Bertz CT molecular complexity index is 1570. The van der Waals surface area contributed by atoms with Crippen LogP contribution in [0.4, 0.5) is 0 Å². The smallest absolute Gasteiger partial charge is 0.348 e. The Morgan fingerprint density at radius 1 is 1.16 bits per heavy atom. The van der Waals surface area contributed by atoms with E-state index in [4.69, 9.17) is 16.3 Å². The number of aromatic nitrogens is 4. The largest absolute Gasteiger partial charge is 0.455 e. The highest BCUT2D eigenvalue weighted by Crippen LogP contribution is 2.31. The summed E-state index contributed by atoms with van der Waals surface area (Å²) in [6.45, 7) is 3.67. The molecule has 0 saturated carbocycles. The van der Waals surface area contributed by atoms with Crippen molar-refractivity contribution in [1.82, 2.24) is 19.2 Å². The number of hydrogen-bond acceptors (Lipinski definition) is 6. The molecule has 4 aromatic heterocycles. The number of aryl methyl sites for hydroxylation is 2. The number of hydrogen-bond donors (Lipinski definition) is 0. The molecule has 7 nitrogen and oxygen atoms in total. The second-order valence-corrected chi connectivity index (χ2v) is 8.82. The Hall–Kier alpha value is -3.49. The van der Waals surface area contributed by atoms with Crippen molar-refractivity contribution in [3.63, 3.8) is 0 Å². The molecule has 1 aromatic carbocycles. The quantitative estimate of drug-likeness (QED) is 0.359. The summed E-state index contributed by atoms with van der Waals surface area (Å²) in [5, 5.41) is 6.05. The number of rotatable bonds is 4. The van der Waals surface area contributed by atoms with Gasteiger partial charge in [0.1, 0.15) is 22.0 Å². The standard InChI is InChI=1S/C23H17ClN4O3S/c1-13-5-4-8-27-20(29)10-16(25-21(13)27)12-31-23(30)19-11-18-14(2)26-28(22(18)32-19)17-7-3-6-15(24)9-17/h3-11H,12H2,1-2H3. The first kappa shape index (κ1) is 20.4. The Kier molecular flexibility index (Phi) is 5.03. The predicted molar refractivity (Wildman–Crippen MR) is 124 cm³/mol. The maximum absolute atomic E-state index is 12.7. The van der Waals surface area contributed by atoms with E-state index in [9.17, 15) is 9.59 Å². The molecule has 0 bridgehead atoms. The van der Waals surface area contributed by atoms with Crippen LogP contribution >= 0.6 is 22.9 Å². The number of pyridine rings is 1. The Balaban J connectivity index is 1.42. The van der Waals surface area contributed by atoms with Gasteiger partial charge in [0, 0.05) is 22.7 Å². The number of nitrogens with zero attached hydrogens (tertiary/aromatic N) is 4. The molecule has 0 N–H and O–H groups in total. The van der Waals surface area contributed by atoms with Gasteiger partial charge in [0.15, 0.2) is 0 Å². The van der Waals surface area contributed by atoms with Crippen LogP contribution in [-0.2, 0) is 11.3 Å². The summed E-state index contributed by atoms with van der Waals surface area (Å²) in [5.74, 6) is -0.477. The summed E-state index contributed by atoms with van der Waals surface area (Å²) in [7, 11) is 0. The van der Waals surface area contributed by atoms with Gasteiger partial charge in [0.25, 0.3) is 5.56 Å². The maximum atomic E-state index is 12.7. The fraction of sp³-hybridized carbons (Fsp3) is 0.130. The number of ether oxygens (including phenoxy) is 1. The summed E-state index contributed by atoms with van der Waals surface area (Å²) >= 11 is 7.42. The van der Waals surface area contributed by atoms with Crippen molar-refractivity contribution < 1.29 is 9.53 Å². The fourth-order valence-electron chi connectivity index (χ4n) is 3.52. The maximum Gasteiger partial charge on any atom is 0.348 e. The SMILES string of the molecule is Cc1nn(-c2cccc(Cl)c2)c2sc(C(=O)OCc3cc(=O)n4cccc(C)c4n3)cc12. The van der Waals surface area contributed by atoms with E-state index < -0.39 is 5.97 Å². The Labute approximate surface area is 191 Å². The third kappa shape index (κ3) is 3.57. The molecule has 0 saturated heterocycles. The number of fused-ring (bicyclic) bond motifs is 2. The van der Waals surface area contributed by atoms with Gasteiger partial charge in [-0.2, -0.15) is 5.10 Å². The van der Waals surface area contributed by atoms with Crippen LogP contribution in [0, 0.1) is 13.8 Å². The Morgan fingerprint density at radius 3 is 2.81 bits per heavy atom. The van der Waals surface area contributed by atoms with Crippen LogP contribution in [-0.4, -0.2) is 25.1 Å². The van der Waals surface area contributed by atoms with Crippen molar-refractivity contribution in [3.05, 3.63) is 91.9 Å². The van der Waals surface area contributed by atoms with Crippen molar-refractivity contribution in [3.8, 4) is 5.69 Å². The van der Waals surface area contributed by atoms with Gasteiger partial charge in [0.2, 0.25) is 0 Å². The van der Waals surface area contributed by atoms with Crippen molar-refractivity contribution >= 4 is 44.8 Å². The highest BCUT2D eigenvalue weighted by molar-refractivity contribution is 7.20. The van der Waals surface area contributed by atoms with Gasteiger partial charge < -0.3 is 4.74 Å². The van der Waals surface area contributed by atoms with Crippen LogP contribution in [0.15, 0.2) is 59.5 Å². The molecule has 0 radical (unpaired) electrons. The summed E-state index contributed by atoms with van der Waals surface area (Å²) in [4.78, 5) is 30.8. The highest BCUT2D eigenvalue weighted by Gasteiger charge is 2.19. The lowest BCUT2D eigenvalue weighted by Gasteiger charge is -2.07. The van der Waals surface area contributed by atoms with Crippen molar-refractivity contribution in [2.45, 2.75) is 20.5 Å². The van der Waals surface area contributed by atoms with E-state index in [1.54, 1.807) is 29.1 Å². The van der Waals surface area contributed by atoms with Crippen molar-refractivity contribution in [2.75, 3.05) is 0 Å². The molecule has 0 aliphatic rings. The van der Waals surface area contributed by atoms with Crippen molar-refractivity contribution in [2.24, 2.45) is 0 Å². The van der Waals surface area contributed by atoms with E-state index in [0.717, 1.165) is 27.2 Å². The average Bonchev–Trinajstić information content (AvgIpc) is 3.33. The topological polar surface area (TPSA) is 78.5 Å². The lowest BCUT2D eigenvalue weighted by Crippen LogP contribution is -2.17. The average molecular weight is 465 g/mol. The molecule has 0 fully saturated rings. The van der Waals surface area contributed by atoms with Crippen LogP contribution < -0.4 is 5.56 Å². The van der Waals surface area contributed by atoms with Crippen molar-refractivity contribution in [1.29, 1.82) is 0 Å². The molecule has 0 aliphatic heterocycles. The lowest BCUT2D eigenvalue weighted by molar-refractivity contribution is 0.0473. The molecule has 0 amide bonds. The zero-order valence-corrected chi connectivity index (χ0v) is 18.8. The minimum Gasteiger partial charge on any atom is -0.455 e. The molecule has 32 heavy (non-hydrogen) atoms. The van der Waals surface area contributed by atoms with Crippen LogP contribution in [0.1, 0.15) is 26.6 Å².